The van der Waals surface area contributed by atoms with Crippen LogP contribution in [0, 0.1) is 85.8 Å². The van der Waals surface area contributed by atoms with Crippen LogP contribution >= 0.6 is 0 Å². The summed E-state index contributed by atoms with van der Waals surface area (Å²) in [5.41, 5.74) is 6.94. The van der Waals surface area contributed by atoms with Gasteiger partial charge in [-0.2, -0.15) is 0 Å². The fourth-order valence-electron chi connectivity index (χ4n) is 17.8. The summed E-state index contributed by atoms with van der Waals surface area (Å²) < 4.78 is 19.7. The molecule has 0 saturated heterocycles. The highest BCUT2D eigenvalue weighted by Crippen LogP contribution is 2.65. The van der Waals surface area contributed by atoms with Gasteiger partial charge in [-0.15, -0.1) is 0 Å². The van der Waals surface area contributed by atoms with Crippen LogP contribution in [-0.2, 0) is 28.6 Å². The van der Waals surface area contributed by atoms with Crippen LogP contribution in [0.4, 0.5) is 0 Å². The first kappa shape index (κ1) is 50.8. The predicted octanol–water partition coefficient (Wildman–Crippen LogP) is 15.4. The second-order valence-corrected chi connectivity index (χ2v) is 26.9. The minimum Gasteiger partial charge on any atom is -0.461 e. The Balaban J connectivity index is 0.963. The Labute approximate surface area is 418 Å². The van der Waals surface area contributed by atoms with Gasteiger partial charge >= 0.3 is 17.9 Å². The Hall–Kier alpha value is -3.15. The van der Waals surface area contributed by atoms with Crippen LogP contribution in [0.25, 0.3) is 0 Å². The van der Waals surface area contributed by atoms with E-state index in [2.05, 4.69) is 120 Å². The molecule has 6 nitrogen and oxygen atoms in total. The number of hydrogen-bond donors (Lipinski definition) is 0. The minimum absolute atomic E-state index is 0.00115. The quantitative estimate of drug-likeness (QED) is 0.152. The summed E-state index contributed by atoms with van der Waals surface area (Å²) in [4.78, 5) is 44.9. The topological polar surface area (TPSA) is 78.9 Å². The van der Waals surface area contributed by atoms with E-state index in [0.717, 1.165) is 116 Å². The standard InChI is InChI=1S/C63H92O6/c1-39(2)42-16-22-49-45(34-42)19-25-52-58(49,7)28-13-31-61(52,10)55(64)67-37-48(69-57(66)63(12)33-15-30-60(9)51-24-18-44(41(5)6)36-47(51)21-27-54(60)63)38-68-56(65)62(11)32-14-29-59(8)50-23-17-43(40(3)4)35-46(50)20-26-53(59)62/h19-21,34-36,39-41,48-54H,13-18,22-33,37-38H2,1-12H3/t49-,50-,51-,52+,53+,54+,58+,59+,60+,61+,62+,63+/m0/s1. The third-order valence-electron chi connectivity index (χ3n) is 22.2. The molecule has 0 aliphatic heterocycles. The smallest absolute Gasteiger partial charge is 0.312 e. The summed E-state index contributed by atoms with van der Waals surface area (Å²) in [5.74, 6) is 2.74. The zero-order valence-electron chi connectivity index (χ0n) is 45.3. The lowest BCUT2D eigenvalue weighted by atomic mass is 9.47. The van der Waals surface area contributed by atoms with Crippen LogP contribution in [0.3, 0.4) is 0 Å². The predicted molar refractivity (Wildman–Crippen MR) is 277 cm³/mol. The first-order chi connectivity index (χ1) is 32.6. The van der Waals surface area contributed by atoms with Gasteiger partial charge in [0.1, 0.15) is 13.2 Å². The number of rotatable bonds is 11. The van der Waals surface area contributed by atoms with Gasteiger partial charge in [-0.05, 0) is 203 Å². The molecule has 0 spiro atoms. The molecular formula is C63H92O6. The van der Waals surface area contributed by atoms with Crippen molar-refractivity contribution in [3.8, 4) is 0 Å². The van der Waals surface area contributed by atoms with Gasteiger partial charge in [0, 0.05) is 0 Å². The van der Waals surface area contributed by atoms with Gasteiger partial charge in [-0.25, -0.2) is 0 Å². The summed E-state index contributed by atoms with van der Waals surface area (Å²) in [7, 11) is 0. The van der Waals surface area contributed by atoms with E-state index in [9.17, 15) is 9.59 Å². The first-order valence-electron chi connectivity index (χ1n) is 28.4. The Morgan fingerprint density at radius 3 is 1.09 bits per heavy atom. The molecule has 0 aromatic rings. The summed E-state index contributed by atoms with van der Waals surface area (Å²) in [5, 5.41) is 0. The summed E-state index contributed by atoms with van der Waals surface area (Å²) in [6, 6.07) is 0. The highest BCUT2D eigenvalue weighted by Gasteiger charge is 2.61. The first-order valence-corrected chi connectivity index (χ1v) is 28.4. The Morgan fingerprint density at radius 2 is 0.783 bits per heavy atom. The monoisotopic (exact) mass is 945 g/mol. The molecule has 0 aromatic carbocycles. The summed E-state index contributed by atoms with van der Waals surface area (Å²) in [6.45, 7) is 27.3. The maximum Gasteiger partial charge on any atom is 0.312 e. The van der Waals surface area contributed by atoms with Gasteiger partial charge in [-0.1, -0.05) is 135 Å². The van der Waals surface area contributed by atoms with Crippen molar-refractivity contribution in [2.45, 2.75) is 205 Å². The maximum atomic E-state index is 15.1. The zero-order valence-corrected chi connectivity index (χ0v) is 45.3. The van der Waals surface area contributed by atoms with Gasteiger partial charge in [0.2, 0.25) is 0 Å². The molecule has 0 radical (unpaired) electrons. The fourth-order valence-corrected chi connectivity index (χ4v) is 17.8. The Kier molecular flexibility index (Phi) is 13.8. The molecule has 9 rings (SSSR count). The SMILES string of the molecule is CC(C)C1=CC2=CC[C@@H]3[C@](C)(CCC[C@@]3(C)C(=O)OCC(COC(=O)[C@]3(C)CCC[C@@]4(C)[C@H]3CC=C3C=C(C(C)C)CC[C@@H]34)OC(=O)[C@]3(C)CCC[C@@]4(C)[C@H]3CC=C3C=C(C(C)C)CC[C@@H]34)[C@H]2CC1. The van der Waals surface area contributed by atoms with E-state index in [1.54, 1.807) is 11.1 Å². The molecule has 69 heavy (non-hydrogen) atoms. The number of fused-ring (bicyclic) bond motifs is 9. The maximum absolute atomic E-state index is 15.1. The van der Waals surface area contributed by atoms with E-state index in [0.29, 0.717) is 35.5 Å². The van der Waals surface area contributed by atoms with Gasteiger partial charge in [0.05, 0.1) is 16.2 Å². The van der Waals surface area contributed by atoms with Crippen LogP contribution < -0.4 is 0 Å². The van der Waals surface area contributed by atoms with Crippen LogP contribution in [0.5, 0.6) is 0 Å². The molecule has 0 heterocycles. The third-order valence-corrected chi connectivity index (χ3v) is 22.2. The lowest BCUT2D eigenvalue weighted by molar-refractivity contribution is -0.192. The largest absolute Gasteiger partial charge is 0.461 e. The van der Waals surface area contributed by atoms with Gasteiger partial charge in [-0.3, -0.25) is 14.4 Å². The second kappa shape index (κ2) is 18.7. The lowest BCUT2D eigenvalue weighted by Gasteiger charge is -2.57. The molecule has 3 fully saturated rings. The molecule has 12 atom stereocenters. The fraction of sp³-hybridized carbons (Fsp3) is 0.762. The zero-order chi connectivity index (χ0) is 49.5. The third kappa shape index (κ3) is 8.57. The number of carbonyl (C=O) groups is 3. The Morgan fingerprint density at radius 1 is 0.478 bits per heavy atom. The molecule has 0 aromatic heterocycles. The van der Waals surface area contributed by atoms with Crippen molar-refractivity contribution >= 4 is 17.9 Å². The van der Waals surface area contributed by atoms with Gasteiger partial charge < -0.3 is 14.2 Å². The van der Waals surface area contributed by atoms with Crippen molar-refractivity contribution in [2.75, 3.05) is 13.2 Å². The van der Waals surface area contributed by atoms with E-state index < -0.39 is 22.3 Å². The van der Waals surface area contributed by atoms with Crippen molar-refractivity contribution in [1.82, 2.24) is 0 Å². The summed E-state index contributed by atoms with van der Waals surface area (Å²) in [6.07, 6.45) is 31.7. The van der Waals surface area contributed by atoms with Crippen LogP contribution in [0.2, 0.25) is 0 Å². The number of esters is 3. The highest BCUT2D eigenvalue weighted by atomic mass is 16.6. The molecule has 9 aliphatic rings. The van der Waals surface area contributed by atoms with Crippen LogP contribution in [0.15, 0.2) is 69.9 Å². The molecule has 0 N–H and O–H groups in total. The Bertz CT molecular complexity index is 2130. The highest BCUT2D eigenvalue weighted by molar-refractivity contribution is 5.79. The van der Waals surface area contributed by atoms with E-state index in [4.69, 9.17) is 14.2 Å². The van der Waals surface area contributed by atoms with Crippen LogP contribution in [-0.4, -0.2) is 37.2 Å². The average molecular weight is 945 g/mol. The second-order valence-electron chi connectivity index (χ2n) is 26.9. The summed E-state index contributed by atoms with van der Waals surface area (Å²) >= 11 is 0. The molecule has 0 bridgehead atoms. The van der Waals surface area contributed by atoms with Crippen LogP contribution in [0.1, 0.15) is 199 Å². The van der Waals surface area contributed by atoms with E-state index in [-0.39, 0.29) is 65.1 Å². The molecule has 6 heteroatoms. The molecule has 0 unspecified atom stereocenters. The van der Waals surface area contributed by atoms with Crippen molar-refractivity contribution in [2.24, 2.45) is 85.8 Å². The van der Waals surface area contributed by atoms with Gasteiger partial charge in [0.15, 0.2) is 6.10 Å². The molecule has 9 aliphatic carbocycles. The van der Waals surface area contributed by atoms with E-state index in [1.807, 2.05) is 0 Å². The average Bonchev–Trinajstić information content (AvgIpc) is 3.31. The molecular weight excluding hydrogens is 853 g/mol. The van der Waals surface area contributed by atoms with E-state index >= 15 is 4.79 Å². The lowest BCUT2D eigenvalue weighted by Crippen LogP contribution is -2.55. The van der Waals surface area contributed by atoms with Crippen molar-refractivity contribution in [3.05, 3.63) is 69.9 Å². The van der Waals surface area contributed by atoms with Crippen molar-refractivity contribution in [3.63, 3.8) is 0 Å². The van der Waals surface area contributed by atoms with E-state index in [1.165, 1.54) is 22.3 Å². The molecule has 3 saturated carbocycles. The minimum atomic E-state index is -0.903. The number of carbonyl (C=O) groups excluding carboxylic acids is 3. The number of hydrogen-bond acceptors (Lipinski definition) is 6. The van der Waals surface area contributed by atoms with Crippen molar-refractivity contribution < 1.29 is 28.6 Å². The molecule has 0 amide bonds. The van der Waals surface area contributed by atoms with Crippen molar-refractivity contribution in [1.29, 1.82) is 0 Å². The van der Waals surface area contributed by atoms with Gasteiger partial charge in [0.25, 0.3) is 0 Å². The number of ether oxygens (including phenoxy) is 3. The molecule has 380 valence electrons. The number of allylic oxidation sites excluding steroid dienone is 12. The normalized spacial score (nSPS) is 40.9.